The molecule has 0 radical (unpaired) electrons. The molecule has 0 aromatic heterocycles. The van der Waals surface area contributed by atoms with Gasteiger partial charge >= 0.3 is 12.0 Å². The SMILES string of the molecule is CCN(Cc1ccccc1)C(=O)NC(C)CC(=O)O. The average Bonchev–Trinajstić information content (AvgIpc) is 2.35. The number of aliphatic carboxylic acids is 1. The van der Waals surface area contributed by atoms with Gasteiger partial charge in [0.15, 0.2) is 0 Å². The monoisotopic (exact) mass is 264 g/mol. The number of benzene rings is 1. The first kappa shape index (κ1) is 15.0. The van der Waals surface area contributed by atoms with E-state index in [9.17, 15) is 9.59 Å². The van der Waals surface area contributed by atoms with Crippen LogP contribution < -0.4 is 5.32 Å². The Morgan fingerprint density at radius 3 is 2.47 bits per heavy atom. The molecule has 2 N–H and O–H groups in total. The van der Waals surface area contributed by atoms with Crippen LogP contribution in [0.2, 0.25) is 0 Å². The van der Waals surface area contributed by atoms with Crippen molar-refractivity contribution in [3.8, 4) is 0 Å². The minimum Gasteiger partial charge on any atom is -0.481 e. The van der Waals surface area contributed by atoms with Crippen LogP contribution in [0.1, 0.15) is 25.8 Å². The first-order valence-electron chi connectivity index (χ1n) is 6.34. The van der Waals surface area contributed by atoms with Crippen molar-refractivity contribution in [2.75, 3.05) is 6.54 Å². The molecule has 1 atom stereocenters. The number of amides is 2. The Morgan fingerprint density at radius 2 is 1.95 bits per heavy atom. The van der Waals surface area contributed by atoms with Gasteiger partial charge in [-0.2, -0.15) is 0 Å². The zero-order valence-corrected chi connectivity index (χ0v) is 11.3. The smallest absolute Gasteiger partial charge is 0.317 e. The standard InChI is InChI=1S/C14H20N2O3/c1-3-16(10-12-7-5-4-6-8-12)14(19)15-11(2)9-13(17)18/h4-8,11H,3,9-10H2,1-2H3,(H,15,19)(H,17,18). The molecule has 0 fully saturated rings. The van der Waals surface area contributed by atoms with E-state index in [1.165, 1.54) is 0 Å². The number of carboxylic acids is 1. The molecule has 5 nitrogen and oxygen atoms in total. The number of carbonyl (C=O) groups excluding carboxylic acids is 1. The Kier molecular flexibility index (Phi) is 5.85. The lowest BCUT2D eigenvalue weighted by atomic mass is 10.2. The van der Waals surface area contributed by atoms with Crippen LogP contribution in [-0.4, -0.2) is 34.6 Å². The van der Waals surface area contributed by atoms with E-state index in [1.807, 2.05) is 37.3 Å². The van der Waals surface area contributed by atoms with E-state index in [0.29, 0.717) is 13.1 Å². The van der Waals surface area contributed by atoms with Gasteiger partial charge in [0.1, 0.15) is 0 Å². The summed E-state index contributed by atoms with van der Waals surface area (Å²) in [5.41, 5.74) is 1.05. The van der Waals surface area contributed by atoms with Gasteiger partial charge < -0.3 is 15.3 Å². The van der Waals surface area contributed by atoms with Crippen molar-refractivity contribution in [3.05, 3.63) is 35.9 Å². The summed E-state index contributed by atoms with van der Waals surface area (Å²) < 4.78 is 0. The van der Waals surface area contributed by atoms with Crippen LogP contribution in [0.3, 0.4) is 0 Å². The Morgan fingerprint density at radius 1 is 1.32 bits per heavy atom. The molecule has 5 heteroatoms. The molecule has 1 rings (SSSR count). The van der Waals surface area contributed by atoms with Crippen LogP contribution in [0.4, 0.5) is 4.79 Å². The number of hydrogen-bond acceptors (Lipinski definition) is 2. The second-order valence-corrected chi connectivity index (χ2v) is 4.45. The van der Waals surface area contributed by atoms with Crippen LogP contribution in [0, 0.1) is 0 Å². The van der Waals surface area contributed by atoms with E-state index in [4.69, 9.17) is 5.11 Å². The largest absolute Gasteiger partial charge is 0.481 e. The van der Waals surface area contributed by atoms with Crippen LogP contribution >= 0.6 is 0 Å². The first-order valence-corrected chi connectivity index (χ1v) is 6.34. The number of urea groups is 1. The molecule has 0 saturated heterocycles. The molecular formula is C14H20N2O3. The maximum atomic E-state index is 12.0. The van der Waals surface area contributed by atoms with Crippen molar-refractivity contribution in [2.45, 2.75) is 32.9 Å². The van der Waals surface area contributed by atoms with Crippen LogP contribution in [0.15, 0.2) is 30.3 Å². The fourth-order valence-electron chi connectivity index (χ4n) is 1.75. The predicted molar refractivity (Wildman–Crippen MR) is 72.8 cm³/mol. The van der Waals surface area contributed by atoms with Gasteiger partial charge in [-0.3, -0.25) is 4.79 Å². The van der Waals surface area contributed by atoms with Crippen molar-refractivity contribution >= 4 is 12.0 Å². The molecule has 0 spiro atoms. The van der Waals surface area contributed by atoms with E-state index in [0.717, 1.165) is 5.56 Å². The van der Waals surface area contributed by atoms with Crippen molar-refractivity contribution < 1.29 is 14.7 Å². The normalized spacial score (nSPS) is 11.7. The highest BCUT2D eigenvalue weighted by atomic mass is 16.4. The van der Waals surface area contributed by atoms with Crippen molar-refractivity contribution in [1.29, 1.82) is 0 Å². The minimum absolute atomic E-state index is 0.0748. The summed E-state index contributed by atoms with van der Waals surface area (Å²) in [6.45, 7) is 4.66. The molecule has 0 bridgehead atoms. The number of nitrogens with one attached hydrogen (secondary N) is 1. The molecular weight excluding hydrogens is 244 g/mol. The number of carboxylic acid groups (broad SMARTS) is 1. The van der Waals surface area contributed by atoms with E-state index in [-0.39, 0.29) is 18.5 Å². The highest BCUT2D eigenvalue weighted by Crippen LogP contribution is 2.05. The van der Waals surface area contributed by atoms with E-state index >= 15 is 0 Å². The predicted octanol–water partition coefficient (Wildman–Crippen LogP) is 2.08. The average molecular weight is 264 g/mol. The fourth-order valence-corrected chi connectivity index (χ4v) is 1.75. The summed E-state index contributed by atoms with van der Waals surface area (Å²) >= 11 is 0. The topological polar surface area (TPSA) is 69.6 Å². The molecule has 2 amide bonds. The second kappa shape index (κ2) is 7.41. The summed E-state index contributed by atoms with van der Waals surface area (Å²) in [7, 11) is 0. The summed E-state index contributed by atoms with van der Waals surface area (Å²) in [5, 5.41) is 11.4. The fraction of sp³-hybridized carbons (Fsp3) is 0.429. The lowest BCUT2D eigenvalue weighted by molar-refractivity contribution is -0.137. The quantitative estimate of drug-likeness (QED) is 0.826. The van der Waals surface area contributed by atoms with Gasteiger partial charge in [0.05, 0.1) is 6.42 Å². The maximum absolute atomic E-state index is 12.0. The minimum atomic E-state index is -0.918. The van der Waals surface area contributed by atoms with Gasteiger partial charge in [-0.25, -0.2) is 4.79 Å². The van der Waals surface area contributed by atoms with Gasteiger partial charge in [0.25, 0.3) is 0 Å². The summed E-state index contributed by atoms with van der Waals surface area (Å²) in [5.74, 6) is -0.918. The van der Waals surface area contributed by atoms with Crippen LogP contribution in [0.5, 0.6) is 0 Å². The third-order valence-electron chi connectivity index (χ3n) is 2.74. The number of nitrogens with zero attached hydrogens (tertiary/aromatic N) is 1. The second-order valence-electron chi connectivity index (χ2n) is 4.45. The Hall–Kier alpha value is -2.04. The molecule has 0 aliphatic heterocycles. The van der Waals surface area contributed by atoms with Crippen molar-refractivity contribution in [3.63, 3.8) is 0 Å². The summed E-state index contributed by atoms with van der Waals surface area (Å²) in [4.78, 5) is 24.2. The molecule has 0 aliphatic rings. The number of hydrogen-bond donors (Lipinski definition) is 2. The van der Waals surface area contributed by atoms with E-state index in [2.05, 4.69) is 5.32 Å². The molecule has 19 heavy (non-hydrogen) atoms. The molecule has 1 aromatic carbocycles. The Bertz CT molecular complexity index is 420. The summed E-state index contributed by atoms with van der Waals surface area (Å²) in [6, 6.07) is 9.07. The molecule has 0 heterocycles. The summed E-state index contributed by atoms with van der Waals surface area (Å²) in [6.07, 6.45) is -0.0748. The van der Waals surface area contributed by atoms with Gasteiger partial charge in [-0.15, -0.1) is 0 Å². The van der Waals surface area contributed by atoms with Gasteiger partial charge in [0, 0.05) is 19.1 Å². The van der Waals surface area contributed by atoms with E-state index in [1.54, 1.807) is 11.8 Å². The highest BCUT2D eigenvalue weighted by molar-refractivity contribution is 5.75. The molecule has 1 aromatic rings. The Labute approximate surface area is 113 Å². The zero-order chi connectivity index (χ0) is 14.3. The number of carbonyl (C=O) groups is 2. The molecule has 0 saturated carbocycles. The van der Waals surface area contributed by atoms with Gasteiger partial charge in [-0.05, 0) is 19.4 Å². The van der Waals surface area contributed by atoms with Crippen molar-refractivity contribution in [2.24, 2.45) is 0 Å². The Balaban J connectivity index is 2.54. The van der Waals surface area contributed by atoms with E-state index < -0.39 is 5.97 Å². The molecule has 0 aliphatic carbocycles. The van der Waals surface area contributed by atoms with Gasteiger partial charge in [-0.1, -0.05) is 30.3 Å². The maximum Gasteiger partial charge on any atom is 0.317 e. The lowest BCUT2D eigenvalue weighted by Crippen LogP contribution is -2.44. The number of rotatable bonds is 6. The molecule has 1 unspecified atom stereocenters. The van der Waals surface area contributed by atoms with Crippen LogP contribution in [0.25, 0.3) is 0 Å². The molecule has 104 valence electrons. The zero-order valence-electron chi connectivity index (χ0n) is 11.3. The lowest BCUT2D eigenvalue weighted by Gasteiger charge is -2.23. The first-order chi connectivity index (χ1) is 9.02. The van der Waals surface area contributed by atoms with Crippen molar-refractivity contribution in [1.82, 2.24) is 10.2 Å². The van der Waals surface area contributed by atoms with Crippen LogP contribution in [-0.2, 0) is 11.3 Å². The third-order valence-corrected chi connectivity index (χ3v) is 2.74. The highest BCUT2D eigenvalue weighted by Gasteiger charge is 2.16. The van der Waals surface area contributed by atoms with Gasteiger partial charge in [0.2, 0.25) is 0 Å². The third kappa shape index (κ3) is 5.42.